The first-order valence-electron chi connectivity index (χ1n) is 6.30. The third-order valence-electron chi connectivity index (χ3n) is 2.92. The van der Waals surface area contributed by atoms with Crippen LogP contribution < -0.4 is 5.32 Å². The van der Waals surface area contributed by atoms with Crippen molar-refractivity contribution >= 4 is 0 Å². The second-order valence-corrected chi connectivity index (χ2v) is 4.13. The molecule has 3 heteroatoms. The van der Waals surface area contributed by atoms with Gasteiger partial charge in [-0.05, 0) is 45.7 Å². The van der Waals surface area contributed by atoms with Crippen LogP contribution in [0.1, 0.15) is 39.5 Å². The van der Waals surface area contributed by atoms with Crippen molar-refractivity contribution in [1.82, 2.24) is 5.32 Å². The van der Waals surface area contributed by atoms with Gasteiger partial charge < -0.3 is 14.8 Å². The molecule has 1 fully saturated rings. The van der Waals surface area contributed by atoms with E-state index in [9.17, 15) is 0 Å². The topological polar surface area (TPSA) is 30.5 Å². The first-order chi connectivity index (χ1) is 7.36. The van der Waals surface area contributed by atoms with Gasteiger partial charge in [0.1, 0.15) is 0 Å². The maximum Gasteiger partial charge on any atom is 0.158 e. The van der Waals surface area contributed by atoms with Crippen molar-refractivity contribution in [3.05, 3.63) is 0 Å². The van der Waals surface area contributed by atoms with Crippen LogP contribution in [0.4, 0.5) is 0 Å². The average molecular weight is 215 g/mol. The second kappa shape index (κ2) is 8.08. The third-order valence-corrected chi connectivity index (χ3v) is 2.92. The second-order valence-electron chi connectivity index (χ2n) is 4.13. The summed E-state index contributed by atoms with van der Waals surface area (Å²) in [4.78, 5) is 0. The van der Waals surface area contributed by atoms with Gasteiger partial charge in [-0.15, -0.1) is 0 Å². The minimum atomic E-state index is -0.0195. The predicted molar refractivity (Wildman–Crippen MR) is 61.9 cm³/mol. The van der Waals surface area contributed by atoms with Crippen LogP contribution >= 0.6 is 0 Å². The monoisotopic (exact) mass is 215 g/mol. The Morgan fingerprint density at radius 3 is 2.33 bits per heavy atom. The lowest BCUT2D eigenvalue weighted by Crippen LogP contribution is -2.30. The minimum absolute atomic E-state index is 0.0195. The van der Waals surface area contributed by atoms with Crippen molar-refractivity contribution in [3.8, 4) is 0 Å². The first kappa shape index (κ1) is 12.9. The zero-order valence-corrected chi connectivity index (χ0v) is 10.1. The van der Waals surface area contributed by atoms with Gasteiger partial charge >= 0.3 is 0 Å². The molecule has 3 nitrogen and oxygen atoms in total. The van der Waals surface area contributed by atoms with Gasteiger partial charge in [0.15, 0.2) is 6.29 Å². The summed E-state index contributed by atoms with van der Waals surface area (Å²) in [6.07, 6.45) is 5.18. The molecule has 90 valence electrons. The molecule has 1 aliphatic carbocycles. The Morgan fingerprint density at radius 2 is 1.87 bits per heavy atom. The molecule has 0 aromatic rings. The standard InChI is InChI=1S/C12H25NO2/c1-3-14-12(15-4-2)8-9-13-10-11-6-5-7-11/h11-13H,3-10H2,1-2H3. The normalized spacial score (nSPS) is 17.0. The fourth-order valence-corrected chi connectivity index (χ4v) is 1.81. The van der Waals surface area contributed by atoms with Crippen molar-refractivity contribution in [3.63, 3.8) is 0 Å². The highest BCUT2D eigenvalue weighted by Crippen LogP contribution is 2.25. The fourth-order valence-electron chi connectivity index (χ4n) is 1.81. The Labute approximate surface area is 93.5 Å². The van der Waals surface area contributed by atoms with E-state index in [1.165, 1.54) is 25.8 Å². The van der Waals surface area contributed by atoms with Crippen LogP contribution in [0.2, 0.25) is 0 Å². The van der Waals surface area contributed by atoms with E-state index in [4.69, 9.17) is 9.47 Å². The molecule has 0 heterocycles. The third kappa shape index (κ3) is 5.50. The van der Waals surface area contributed by atoms with Gasteiger partial charge in [-0.2, -0.15) is 0 Å². The number of ether oxygens (including phenoxy) is 2. The van der Waals surface area contributed by atoms with E-state index >= 15 is 0 Å². The highest BCUT2D eigenvalue weighted by atomic mass is 16.7. The summed E-state index contributed by atoms with van der Waals surface area (Å²) < 4.78 is 10.9. The summed E-state index contributed by atoms with van der Waals surface area (Å²) in [6.45, 7) is 7.65. The zero-order valence-electron chi connectivity index (χ0n) is 10.1. The Morgan fingerprint density at radius 1 is 1.20 bits per heavy atom. The van der Waals surface area contributed by atoms with Crippen molar-refractivity contribution < 1.29 is 9.47 Å². The SMILES string of the molecule is CCOC(CCNCC1CCC1)OCC. The fraction of sp³-hybridized carbons (Fsp3) is 1.00. The molecule has 15 heavy (non-hydrogen) atoms. The average Bonchev–Trinajstić information content (AvgIpc) is 2.15. The maximum absolute atomic E-state index is 5.47. The van der Waals surface area contributed by atoms with Crippen LogP contribution in [0.3, 0.4) is 0 Å². The lowest BCUT2D eigenvalue weighted by molar-refractivity contribution is -0.138. The van der Waals surface area contributed by atoms with Gasteiger partial charge in [0, 0.05) is 19.6 Å². The Bertz CT molecular complexity index is 143. The molecule has 0 aromatic carbocycles. The van der Waals surface area contributed by atoms with Gasteiger partial charge in [0.25, 0.3) is 0 Å². The molecule has 1 N–H and O–H groups in total. The Hall–Kier alpha value is -0.120. The molecule has 1 rings (SSSR count). The smallest absolute Gasteiger partial charge is 0.158 e. The summed E-state index contributed by atoms with van der Waals surface area (Å²) in [5.74, 6) is 0.933. The summed E-state index contributed by atoms with van der Waals surface area (Å²) in [6, 6.07) is 0. The quantitative estimate of drug-likeness (QED) is 0.472. The van der Waals surface area contributed by atoms with Crippen molar-refractivity contribution in [2.45, 2.75) is 45.8 Å². The number of nitrogens with one attached hydrogen (secondary N) is 1. The van der Waals surface area contributed by atoms with Gasteiger partial charge in [0.05, 0.1) is 0 Å². The molecule has 0 unspecified atom stereocenters. The lowest BCUT2D eigenvalue weighted by Gasteiger charge is -2.26. The van der Waals surface area contributed by atoms with Crippen LogP contribution in [0.25, 0.3) is 0 Å². The molecular formula is C12H25NO2. The molecule has 0 aliphatic heterocycles. The largest absolute Gasteiger partial charge is 0.353 e. The summed E-state index contributed by atoms with van der Waals surface area (Å²) in [7, 11) is 0. The molecule has 0 spiro atoms. The van der Waals surface area contributed by atoms with E-state index in [-0.39, 0.29) is 6.29 Å². The molecule has 0 atom stereocenters. The van der Waals surface area contributed by atoms with Crippen LogP contribution in [0, 0.1) is 5.92 Å². The van der Waals surface area contributed by atoms with Crippen molar-refractivity contribution in [2.24, 2.45) is 5.92 Å². The van der Waals surface area contributed by atoms with E-state index in [1.54, 1.807) is 0 Å². The molecule has 0 radical (unpaired) electrons. The van der Waals surface area contributed by atoms with Gasteiger partial charge in [0.2, 0.25) is 0 Å². The van der Waals surface area contributed by atoms with E-state index < -0.39 is 0 Å². The summed E-state index contributed by atoms with van der Waals surface area (Å²) in [5, 5.41) is 3.47. The predicted octanol–water partition coefficient (Wildman–Crippen LogP) is 2.17. The zero-order chi connectivity index (χ0) is 10.9. The summed E-state index contributed by atoms with van der Waals surface area (Å²) in [5.41, 5.74) is 0. The lowest BCUT2D eigenvalue weighted by atomic mass is 9.85. The van der Waals surface area contributed by atoms with Gasteiger partial charge in [-0.25, -0.2) is 0 Å². The van der Waals surface area contributed by atoms with E-state index in [0.717, 1.165) is 32.1 Å². The molecule has 0 amide bonds. The van der Waals surface area contributed by atoms with Crippen molar-refractivity contribution in [1.29, 1.82) is 0 Å². The van der Waals surface area contributed by atoms with Gasteiger partial charge in [-0.3, -0.25) is 0 Å². The highest BCUT2D eigenvalue weighted by Gasteiger charge is 2.16. The Kier molecular flexibility index (Phi) is 6.98. The minimum Gasteiger partial charge on any atom is -0.353 e. The molecule has 0 aromatic heterocycles. The first-order valence-corrected chi connectivity index (χ1v) is 6.30. The van der Waals surface area contributed by atoms with Crippen LogP contribution in [-0.2, 0) is 9.47 Å². The molecule has 0 bridgehead atoms. The molecule has 1 aliphatic rings. The molecular weight excluding hydrogens is 190 g/mol. The van der Waals surface area contributed by atoms with Gasteiger partial charge in [-0.1, -0.05) is 6.42 Å². The Balaban J connectivity index is 1.94. The van der Waals surface area contributed by atoms with Crippen LogP contribution in [0.15, 0.2) is 0 Å². The van der Waals surface area contributed by atoms with E-state index in [2.05, 4.69) is 5.32 Å². The number of rotatable bonds is 9. The van der Waals surface area contributed by atoms with E-state index in [1.807, 2.05) is 13.8 Å². The van der Waals surface area contributed by atoms with Crippen molar-refractivity contribution in [2.75, 3.05) is 26.3 Å². The molecule has 1 saturated carbocycles. The van der Waals surface area contributed by atoms with Crippen LogP contribution in [0.5, 0.6) is 0 Å². The maximum atomic E-state index is 5.47. The van der Waals surface area contributed by atoms with E-state index in [0.29, 0.717) is 0 Å². The van der Waals surface area contributed by atoms with Crippen LogP contribution in [-0.4, -0.2) is 32.6 Å². The highest BCUT2D eigenvalue weighted by molar-refractivity contribution is 4.71. The number of hydrogen-bond donors (Lipinski definition) is 1. The summed E-state index contributed by atoms with van der Waals surface area (Å²) >= 11 is 0. The molecule has 0 saturated heterocycles. The number of hydrogen-bond acceptors (Lipinski definition) is 3.